The second-order valence-corrected chi connectivity index (χ2v) is 10.0. The Bertz CT molecular complexity index is 1020. The highest BCUT2D eigenvalue weighted by Crippen LogP contribution is 2.25. The van der Waals surface area contributed by atoms with E-state index in [1.54, 1.807) is 24.3 Å². The fraction of sp³-hybridized carbons (Fsp3) is 0.444. The first-order valence-corrected chi connectivity index (χ1v) is 12.0. The van der Waals surface area contributed by atoms with Gasteiger partial charge in [-0.25, -0.2) is 4.79 Å². The largest absolute Gasteiger partial charge is 0.444 e. The minimum absolute atomic E-state index is 0.107. The molecule has 0 spiro atoms. The number of carbonyl (C=O) groups is 3. The molecule has 1 aliphatic rings. The number of rotatable bonds is 8. The van der Waals surface area contributed by atoms with Crippen molar-refractivity contribution in [2.24, 2.45) is 5.92 Å². The van der Waals surface area contributed by atoms with Gasteiger partial charge in [0, 0.05) is 50.4 Å². The molecule has 0 aliphatic carbocycles. The molecule has 0 bridgehead atoms. The summed E-state index contributed by atoms with van der Waals surface area (Å²) in [5, 5.41) is 8.64. The van der Waals surface area contributed by atoms with Crippen LogP contribution < -0.4 is 16.0 Å². The van der Waals surface area contributed by atoms with Gasteiger partial charge in [0.1, 0.15) is 5.60 Å². The van der Waals surface area contributed by atoms with E-state index < -0.39 is 11.7 Å². The fourth-order valence-corrected chi connectivity index (χ4v) is 4.26. The smallest absolute Gasteiger partial charge is 0.407 e. The molecule has 2 aromatic rings. The van der Waals surface area contributed by atoms with E-state index in [0.29, 0.717) is 30.8 Å². The SMILES string of the molecule is CC(=O)Nc1cccc(NC(=O)CC[C@@H]2CN(Cc3ccccc3)C[C@@H]2NC(=O)OC(C)(C)C)c1. The van der Waals surface area contributed by atoms with Gasteiger partial charge in [-0.15, -0.1) is 0 Å². The van der Waals surface area contributed by atoms with Crippen LogP contribution in [0.4, 0.5) is 16.2 Å². The first-order chi connectivity index (χ1) is 16.6. The summed E-state index contributed by atoms with van der Waals surface area (Å²) in [7, 11) is 0. The molecule has 8 heteroatoms. The van der Waals surface area contributed by atoms with Gasteiger partial charge < -0.3 is 20.7 Å². The van der Waals surface area contributed by atoms with Crippen LogP contribution >= 0.6 is 0 Å². The first-order valence-electron chi connectivity index (χ1n) is 12.0. The summed E-state index contributed by atoms with van der Waals surface area (Å²) in [6, 6.07) is 17.2. The van der Waals surface area contributed by atoms with Crippen LogP contribution in [0.1, 0.15) is 46.1 Å². The van der Waals surface area contributed by atoms with Crippen LogP contribution in [-0.4, -0.2) is 47.5 Å². The lowest BCUT2D eigenvalue weighted by Crippen LogP contribution is -2.43. The molecule has 8 nitrogen and oxygen atoms in total. The van der Waals surface area contributed by atoms with E-state index in [4.69, 9.17) is 4.74 Å². The van der Waals surface area contributed by atoms with Crippen LogP contribution in [0.5, 0.6) is 0 Å². The summed E-state index contributed by atoms with van der Waals surface area (Å²) in [6.45, 7) is 9.21. The number of hydrogen-bond donors (Lipinski definition) is 3. The third-order valence-electron chi connectivity index (χ3n) is 5.68. The second kappa shape index (κ2) is 11.8. The number of benzene rings is 2. The molecule has 1 saturated heterocycles. The van der Waals surface area contributed by atoms with Crippen molar-refractivity contribution >= 4 is 29.3 Å². The molecule has 2 atom stereocenters. The maximum Gasteiger partial charge on any atom is 0.407 e. The Morgan fingerprint density at radius 2 is 1.66 bits per heavy atom. The number of alkyl carbamates (subject to hydrolysis) is 1. The highest BCUT2D eigenvalue weighted by molar-refractivity contribution is 5.93. The van der Waals surface area contributed by atoms with E-state index in [0.717, 1.165) is 13.1 Å². The number of nitrogens with one attached hydrogen (secondary N) is 3. The monoisotopic (exact) mass is 480 g/mol. The van der Waals surface area contributed by atoms with Gasteiger partial charge >= 0.3 is 6.09 Å². The Labute approximate surface area is 207 Å². The van der Waals surface area contributed by atoms with Crippen molar-refractivity contribution in [3.8, 4) is 0 Å². The summed E-state index contributed by atoms with van der Waals surface area (Å²) in [5.74, 6) is -0.163. The van der Waals surface area contributed by atoms with Gasteiger partial charge in [-0.05, 0) is 56.9 Å². The Morgan fingerprint density at radius 3 is 2.31 bits per heavy atom. The van der Waals surface area contributed by atoms with Gasteiger partial charge in [-0.1, -0.05) is 36.4 Å². The lowest BCUT2D eigenvalue weighted by atomic mass is 9.97. The van der Waals surface area contributed by atoms with Crippen molar-refractivity contribution in [3.05, 3.63) is 60.2 Å². The minimum atomic E-state index is -0.576. The molecule has 3 N–H and O–H groups in total. The molecule has 0 aromatic heterocycles. The summed E-state index contributed by atoms with van der Waals surface area (Å²) >= 11 is 0. The van der Waals surface area contributed by atoms with Crippen molar-refractivity contribution in [3.63, 3.8) is 0 Å². The number of nitrogens with zero attached hydrogens (tertiary/aromatic N) is 1. The van der Waals surface area contributed by atoms with Crippen LogP contribution in [0, 0.1) is 5.92 Å². The molecule has 188 valence electrons. The predicted molar refractivity (Wildman–Crippen MR) is 137 cm³/mol. The number of amides is 3. The van der Waals surface area contributed by atoms with Crippen LogP contribution in [0.2, 0.25) is 0 Å². The number of ether oxygens (including phenoxy) is 1. The summed E-state index contributed by atoms with van der Waals surface area (Å²) < 4.78 is 5.47. The first kappa shape index (κ1) is 26.2. The van der Waals surface area contributed by atoms with E-state index in [2.05, 4.69) is 33.0 Å². The average molecular weight is 481 g/mol. The Hall–Kier alpha value is -3.39. The van der Waals surface area contributed by atoms with Gasteiger partial charge in [-0.2, -0.15) is 0 Å². The quantitative estimate of drug-likeness (QED) is 0.520. The molecular weight excluding hydrogens is 444 g/mol. The van der Waals surface area contributed by atoms with Gasteiger partial charge in [0.2, 0.25) is 11.8 Å². The zero-order chi connectivity index (χ0) is 25.4. The number of carbonyl (C=O) groups excluding carboxylic acids is 3. The molecule has 3 amide bonds. The molecular formula is C27H36N4O4. The zero-order valence-electron chi connectivity index (χ0n) is 21.0. The molecule has 2 aromatic carbocycles. The third-order valence-corrected chi connectivity index (χ3v) is 5.68. The third kappa shape index (κ3) is 9.05. The molecule has 0 saturated carbocycles. The Balaban J connectivity index is 1.59. The molecule has 0 radical (unpaired) electrons. The van der Waals surface area contributed by atoms with E-state index in [1.165, 1.54) is 12.5 Å². The van der Waals surface area contributed by atoms with Crippen LogP contribution in [0.3, 0.4) is 0 Å². The number of likely N-dealkylation sites (tertiary alicyclic amines) is 1. The molecule has 3 rings (SSSR count). The maximum atomic E-state index is 12.7. The van der Waals surface area contributed by atoms with Gasteiger partial charge in [0.15, 0.2) is 0 Å². The molecule has 1 fully saturated rings. The van der Waals surface area contributed by atoms with Gasteiger partial charge in [-0.3, -0.25) is 14.5 Å². The van der Waals surface area contributed by atoms with Crippen LogP contribution in [0.15, 0.2) is 54.6 Å². The lowest BCUT2D eigenvalue weighted by molar-refractivity contribution is -0.116. The van der Waals surface area contributed by atoms with Gasteiger partial charge in [0.25, 0.3) is 0 Å². The maximum absolute atomic E-state index is 12.7. The van der Waals surface area contributed by atoms with Crippen molar-refractivity contribution in [1.82, 2.24) is 10.2 Å². The molecule has 0 unspecified atom stereocenters. The second-order valence-electron chi connectivity index (χ2n) is 10.0. The lowest BCUT2D eigenvalue weighted by Gasteiger charge is -2.24. The Morgan fingerprint density at radius 1 is 0.971 bits per heavy atom. The van der Waals surface area contributed by atoms with Crippen molar-refractivity contribution in [2.75, 3.05) is 23.7 Å². The van der Waals surface area contributed by atoms with Crippen LogP contribution in [0.25, 0.3) is 0 Å². The highest BCUT2D eigenvalue weighted by atomic mass is 16.6. The highest BCUT2D eigenvalue weighted by Gasteiger charge is 2.34. The molecule has 1 aliphatic heterocycles. The fourth-order valence-electron chi connectivity index (χ4n) is 4.26. The topological polar surface area (TPSA) is 99.8 Å². The summed E-state index contributed by atoms with van der Waals surface area (Å²) in [4.78, 5) is 38.7. The van der Waals surface area contributed by atoms with Crippen molar-refractivity contribution in [1.29, 1.82) is 0 Å². The molecule has 1 heterocycles. The standard InChI is InChI=1S/C27H36N4O4/c1-19(32)28-22-11-8-12-23(15-22)29-25(33)14-13-21-17-31(16-20-9-6-5-7-10-20)18-24(21)30-26(34)35-27(2,3)4/h5-12,15,21,24H,13-14,16-18H2,1-4H3,(H,28,32)(H,29,33)(H,30,34)/t21-,24+/m1/s1. The van der Waals surface area contributed by atoms with Crippen LogP contribution in [-0.2, 0) is 20.9 Å². The number of anilines is 2. The normalized spacial score (nSPS) is 18.1. The van der Waals surface area contributed by atoms with E-state index in [9.17, 15) is 14.4 Å². The van der Waals surface area contributed by atoms with Gasteiger partial charge in [0.05, 0.1) is 0 Å². The zero-order valence-corrected chi connectivity index (χ0v) is 21.0. The number of hydrogen-bond acceptors (Lipinski definition) is 5. The van der Waals surface area contributed by atoms with E-state index in [-0.39, 0.29) is 23.8 Å². The predicted octanol–water partition coefficient (Wildman–Crippen LogP) is 4.39. The minimum Gasteiger partial charge on any atom is -0.444 e. The van der Waals surface area contributed by atoms with Crippen molar-refractivity contribution in [2.45, 2.75) is 58.7 Å². The molecule has 35 heavy (non-hydrogen) atoms. The summed E-state index contributed by atoms with van der Waals surface area (Å²) in [6.07, 6.45) is 0.511. The van der Waals surface area contributed by atoms with Crippen molar-refractivity contribution < 1.29 is 19.1 Å². The average Bonchev–Trinajstić information content (AvgIpc) is 3.12. The Kier molecular flexibility index (Phi) is 8.87. The van der Waals surface area contributed by atoms with E-state index >= 15 is 0 Å². The summed E-state index contributed by atoms with van der Waals surface area (Å²) in [5.41, 5.74) is 1.89. The van der Waals surface area contributed by atoms with E-state index in [1.807, 2.05) is 39.0 Å².